The van der Waals surface area contributed by atoms with Gasteiger partial charge < -0.3 is 10.1 Å². The van der Waals surface area contributed by atoms with Crippen LogP contribution in [0.4, 0.5) is 0 Å². The fourth-order valence-electron chi connectivity index (χ4n) is 1.81. The van der Waals surface area contributed by atoms with E-state index in [9.17, 15) is 4.79 Å². The van der Waals surface area contributed by atoms with Gasteiger partial charge in [0.25, 0.3) is 5.91 Å². The van der Waals surface area contributed by atoms with E-state index < -0.39 is 0 Å². The lowest BCUT2D eigenvalue weighted by molar-refractivity contribution is 0.0910. The number of ether oxygens (including phenoxy) is 1. The zero-order chi connectivity index (χ0) is 12.4. The lowest BCUT2D eigenvalue weighted by Crippen LogP contribution is -2.31. The number of hydrogen-bond acceptors (Lipinski definition) is 3. The monoisotopic (exact) mass is 381 g/mol. The van der Waals surface area contributed by atoms with Crippen LogP contribution < -0.4 is 5.32 Å². The van der Waals surface area contributed by atoms with E-state index in [1.165, 1.54) is 11.3 Å². The van der Waals surface area contributed by atoms with Gasteiger partial charge in [-0.25, -0.2) is 0 Å². The Labute approximate surface area is 121 Å². The first-order valence-electron chi connectivity index (χ1n) is 5.42. The first kappa shape index (κ1) is 13.5. The molecule has 1 aliphatic heterocycles. The molecule has 1 N–H and O–H groups in total. The smallest absolute Gasteiger partial charge is 0.261 e. The number of carbonyl (C=O) groups is 1. The average molecular weight is 383 g/mol. The van der Waals surface area contributed by atoms with E-state index in [1.807, 2.05) is 6.07 Å². The van der Waals surface area contributed by atoms with Crippen LogP contribution in [0.2, 0.25) is 0 Å². The Hall–Kier alpha value is 0.0900. The summed E-state index contributed by atoms with van der Waals surface area (Å²) >= 11 is 8.19. The summed E-state index contributed by atoms with van der Waals surface area (Å²) in [5.74, 6) is 0.422. The van der Waals surface area contributed by atoms with E-state index in [2.05, 4.69) is 44.1 Å². The fraction of sp³-hybridized carbons (Fsp3) is 0.545. The third-order valence-electron chi connectivity index (χ3n) is 2.93. The van der Waals surface area contributed by atoms with Crippen LogP contribution in [0.1, 0.15) is 23.0 Å². The normalized spacial score (nSPS) is 23.9. The van der Waals surface area contributed by atoms with Crippen LogP contribution in [-0.2, 0) is 4.74 Å². The minimum Gasteiger partial charge on any atom is -0.378 e. The molecule has 6 heteroatoms. The summed E-state index contributed by atoms with van der Waals surface area (Å²) in [7, 11) is 0. The maximum absolute atomic E-state index is 11.9. The van der Waals surface area contributed by atoms with Crippen LogP contribution >= 0.6 is 43.2 Å². The van der Waals surface area contributed by atoms with Gasteiger partial charge in [-0.3, -0.25) is 4.79 Å². The van der Waals surface area contributed by atoms with Gasteiger partial charge in [0.05, 0.1) is 14.8 Å². The topological polar surface area (TPSA) is 38.3 Å². The van der Waals surface area contributed by atoms with Gasteiger partial charge in [0.15, 0.2) is 0 Å². The molecule has 0 spiro atoms. The maximum atomic E-state index is 11.9. The van der Waals surface area contributed by atoms with Gasteiger partial charge in [-0.2, -0.15) is 0 Å². The van der Waals surface area contributed by atoms with Crippen LogP contribution in [0.3, 0.4) is 0 Å². The Morgan fingerprint density at radius 3 is 2.94 bits per heavy atom. The zero-order valence-electron chi connectivity index (χ0n) is 9.33. The summed E-state index contributed by atoms with van der Waals surface area (Å²) in [6.07, 6.45) is 1.27. The molecular formula is C11H13Br2NO2S. The van der Waals surface area contributed by atoms with Gasteiger partial charge in [0.1, 0.15) is 0 Å². The summed E-state index contributed by atoms with van der Waals surface area (Å²) in [6, 6.07) is 1.83. The van der Waals surface area contributed by atoms with E-state index in [0.717, 1.165) is 26.2 Å². The van der Waals surface area contributed by atoms with E-state index in [-0.39, 0.29) is 12.0 Å². The van der Waals surface area contributed by atoms with Gasteiger partial charge >= 0.3 is 0 Å². The molecule has 0 aromatic carbocycles. The minimum absolute atomic E-state index is 0.0134. The third kappa shape index (κ3) is 3.30. The molecule has 1 amide bonds. The van der Waals surface area contributed by atoms with Crippen molar-refractivity contribution in [3.05, 3.63) is 19.2 Å². The highest BCUT2D eigenvalue weighted by atomic mass is 79.9. The highest BCUT2D eigenvalue weighted by molar-refractivity contribution is 9.13. The molecule has 0 aliphatic carbocycles. The second-order valence-electron chi connectivity index (χ2n) is 4.07. The van der Waals surface area contributed by atoms with Gasteiger partial charge in [-0.15, -0.1) is 11.3 Å². The fourth-order valence-corrected chi connectivity index (χ4v) is 3.77. The standard InChI is InChI=1S/C11H13Br2NO2S/c1-6-7(2-3-16-6)5-14-11(15)9-4-8(12)10(13)17-9/h4,6-7H,2-3,5H2,1H3,(H,14,15). The quantitative estimate of drug-likeness (QED) is 0.869. The molecule has 1 aromatic heterocycles. The SMILES string of the molecule is CC1OCCC1CNC(=O)c1cc(Br)c(Br)s1. The molecule has 0 bridgehead atoms. The van der Waals surface area contributed by atoms with Crippen molar-refractivity contribution in [2.75, 3.05) is 13.2 Å². The van der Waals surface area contributed by atoms with Gasteiger partial charge in [-0.05, 0) is 51.3 Å². The minimum atomic E-state index is -0.0134. The summed E-state index contributed by atoms with van der Waals surface area (Å²) in [6.45, 7) is 3.55. The molecular weight excluding hydrogens is 370 g/mol. The van der Waals surface area contributed by atoms with Crippen molar-refractivity contribution in [1.29, 1.82) is 0 Å². The molecule has 1 aromatic rings. The Morgan fingerprint density at radius 1 is 1.65 bits per heavy atom. The summed E-state index contributed by atoms with van der Waals surface area (Å²) < 4.78 is 7.33. The second kappa shape index (κ2) is 5.82. The van der Waals surface area contributed by atoms with Gasteiger partial charge in [0.2, 0.25) is 0 Å². The predicted molar refractivity (Wildman–Crippen MR) is 75.6 cm³/mol. The number of rotatable bonds is 3. The van der Waals surface area contributed by atoms with Crippen LogP contribution in [0, 0.1) is 5.92 Å². The van der Waals surface area contributed by atoms with Crippen molar-refractivity contribution in [3.63, 3.8) is 0 Å². The van der Waals surface area contributed by atoms with Crippen LogP contribution in [0.5, 0.6) is 0 Å². The van der Waals surface area contributed by atoms with Crippen molar-refractivity contribution in [2.24, 2.45) is 5.92 Å². The molecule has 94 valence electrons. The van der Waals surface area contributed by atoms with E-state index in [0.29, 0.717) is 12.5 Å². The van der Waals surface area contributed by atoms with Crippen LogP contribution in [0.25, 0.3) is 0 Å². The molecule has 2 heterocycles. The number of thiophene rings is 1. The Morgan fingerprint density at radius 2 is 2.41 bits per heavy atom. The number of halogens is 2. The van der Waals surface area contributed by atoms with Crippen molar-refractivity contribution >= 4 is 49.1 Å². The maximum Gasteiger partial charge on any atom is 0.261 e. The Kier molecular flexibility index (Phi) is 4.63. The molecule has 2 unspecified atom stereocenters. The van der Waals surface area contributed by atoms with E-state index in [4.69, 9.17) is 4.74 Å². The van der Waals surface area contributed by atoms with Crippen LogP contribution in [-0.4, -0.2) is 25.2 Å². The second-order valence-corrected chi connectivity index (χ2v) is 7.29. The number of carbonyl (C=O) groups excluding carboxylic acids is 1. The number of amides is 1. The lowest BCUT2D eigenvalue weighted by Gasteiger charge is -2.14. The largest absolute Gasteiger partial charge is 0.378 e. The molecule has 2 atom stereocenters. The summed E-state index contributed by atoms with van der Waals surface area (Å²) in [5, 5.41) is 2.96. The summed E-state index contributed by atoms with van der Waals surface area (Å²) in [4.78, 5) is 12.6. The first-order valence-corrected chi connectivity index (χ1v) is 7.83. The first-order chi connectivity index (χ1) is 8.08. The van der Waals surface area contributed by atoms with Crippen molar-refractivity contribution in [3.8, 4) is 0 Å². The Bertz CT molecular complexity index is 402. The van der Waals surface area contributed by atoms with E-state index in [1.54, 1.807) is 0 Å². The van der Waals surface area contributed by atoms with Crippen molar-refractivity contribution in [1.82, 2.24) is 5.32 Å². The van der Waals surface area contributed by atoms with Crippen molar-refractivity contribution < 1.29 is 9.53 Å². The van der Waals surface area contributed by atoms with Crippen molar-refractivity contribution in [2.45, 2.75) is 19.4 Å². The Balaban J connectivity index is 1.89. The summed E-state index contributed by atoms with van der Waals surface area (Å²) in [5.41, 5.74) is 0. The number of nitrogens with one attached hydrogen (secondary N) is 1. The molecule has 2 rings (SSSR count). The molecule has 1 fully saturated rings. The number of hydrogen-bond donors (Lipinski definition) is 1. The van der Waals surface area contributed by atoms with Crippen LogP contribution in [0.15, 0.2) is 14.3 Å². The predicted octanol–water partition coefficient (Wildman–Crippen LogP) is 3.43. The lowest BCUT2D eigenvalue weighted by atomic mass is 10.0. The molecule has 17 heavy (non-hydrogen) atoms. The molecule has 1 saturated heterocycles. The van der Waals surface area contributed by atoms with Gasteiger partial charge in [0, 0.05) is 23.5 Å². The highest BCUT2D eigenvalue weighted by Crippen LogP contribution is 2.32. The zero-order valence-corrected chi connectivity index (χ0v) is 13.3. The highest BCUT2D eigenvalue weighted by Gasteiger charge is 2.24. The third-order valence-corrected chi connectivity index (χ3v) is 6.18. The molecule has 0 saturated carbocycles. The van der Waals surface area contributed by atoms with Gasteiger partial charge in [-0.1, -0.05) is 0 Å². The van der Waals surface area contributed by atoms with E-state index >= 15 is 0 Å². The molecule has 0 radical (unpaired) electrons. The average Bonchev–Trinajstić information content (AvgIpc) is 2.83. The molecule has 3 nitrogen and oxygen atoms in total. The molecule has 1 aliphatic rings.